The number of rotatable bonds is 7. The first-order valence-corrected chi connectivity index (χ1v) is 10.2. The zero-order chi connectivity index (χ0) is 22.4. The molecule has 0 aliphatic rings. The zero-order valence-corrected chi connectivity index (χ0v) is 17.1. The Morgan fingerprint density at radius 2 is 1.77 bits per heavy atom. The third kappa shape index (κ3) is 6.32. The molecule has 7 nitrogen and oxygen atoms in total. The van der Waals surface area contributed by atoms with Gasteiger partial charge in [0.15, 0.2) is 0 Å². The van der Waals surface area contributed by atoms with Crippen molar-refractivity contribution in [2.24, 2.45) is 0 Å². The molecule has 0 aliphatic heterocycles. The lowest BCUT2D eigenvalue weighted by Crippen LogP contribution is -2.16. The van der Waals surface area contributed by atoms with E-state index in [1.807, 2.05) is 6.92 Å². The van der Waals surface area contributed by atoms with Crippen molar-refractivity contribution in [1.29, 1.82) is 0 Å². The molecule has 1 aromatic heterocycles. The van der Waals surface area contributed by atoms with E-state index in [-0.39, 0.29) is 22.9 Å². The molecular formula is C20H18F3N5O2S. The summed E-state index contributed by atoms with van der Waals surface area (Å²) in [4.78, 5) is 28.8. The van der Waals surface area contributed by atoms with Crippen molar-refractivity contribution < 1.29 is 22.8 Å². The fourth-order valence-corrected chi connectivity index (χ4v) is 3.16. The number of benzene rings is 2. The van der Waals surface area contributed by atoms with E-state index in [1.54, 1.807) is 12.1 Å². The number of anilines is 2. The van der Waals surface area contributed by atoms with Crippen LogP contribution in [-0.4, -0.2) is 32.7 Å². The van der Waals surface area contributed by atoms with Gasteiger partial charge in [-0.05, 0) is 36.4 Å². The molecule has 11 heteroatoms. The number of hydrogen-bond donors (Lipinski definition) is 3. The number of nitrogens with one attached hydrogen (secondary N) is 3. The zero-order valence-electron chi connectivity index (χ0n) is 16.3. The van der Waals surface area contributed by atoms with Gasteiger partial charge in [-0.2, -0.15) is 13.2 Å². The highest BCUT2D eigenvalue weighted by atomic mass is 32.2. The van der Waals surface area contributed by atoms with Gasteiger partial charge in [0.05, 0.1) is 11.3 Å². The number of amides is 2. The Morgan fingerprint density at radius 3 is 2.45 bits per heavy atom. The van der Waals surface area contributed by atoms with E-state index in [0.29, 0.717) is 17.3 Å². The van der Waals surface area contributed by atoms with Crippen molar-refractivity contribution in [3.63, 3.8) is 0 Å². The molecule has 0 spiro atoms. The van der Waals surface area contributed by atoms with Crippen LogP contribution in [0, 0.1) is 0 Å². The van der Waals surface area contributed by atoms with Gasteiger partial charge in [0.25, 0.3) is 5.91 Å². The van der Waals surface area contributed by atoms with Gasteiger partial charge in [0.1, 0.15) is 5.82 Å². The monoisotopic (exact) mass is 449 g/mol. The summed E-state index contributed by atoms with van der Waals surface area (Å²) in [5.41, 5.74) is -0.277. The standard InChI is InChI=1S/C20H18F3N5O2S/c1-2-16-26-19(28-27-16)31-11-17(29)24-14-7-3-5-12(9-14)18(30)25-15-8-4-6-13(10-15)20(21,22)23/h3-10H,2,11H2,1H3,(H,24,29)(H,25,30)(H,26,27,28). The van der Waals surface area contributed by atoms with E-state index in [1.165, 1.54) is 24.3 Å². The van der Waals surface area contributed by atoms with E-state index in [4.69, 9.17) is 0 Å². The van der Waals surface area contributed by atoms with Crippen molar-refractivity contribution in [2.45, 2.75) is 24.7 Å². The first-order chi connectivity index (χ1) is 14.7. The maximum absolute atomic E-state index is 12.8. The minimum atomic E-state index is -4.51. The Bertz CT molecular complexity index is 1080. The number of H-pyrrole nitrogens is 1. The SMILES string of the molecule is CCc1nc(SCC(=O)Nc2cccc(C(=O)Nc3cccc(C(F)(F)F)c3)c2)n[nH]1. The third-order valence-electron chi connectivity index (χ3n) is 4.03. The lowest BCUT2D eigenvalue weighted by Gasteiger charge is -2.11. The van der Waals surface area contributed by atoms with Gasteiger partial charge >= 0.3 is 6.18 Å². The molecule has 3 N–H and O–H groups in total. The van der Waals surface area contributed by atoms with E-state index < -0.39 is 17.6 Å². The summed E-state index contributed by atoms with van der Waals surface area (Å²) in [6, 6.07) is 10.4. The minimum absolute atomic E-state index is 0.0172. The van der Waals surface area contributed by atoms with Gasteiger partial charge in [-0.3, -0.25) is 14.7 Å². The minimum Gasteiger partial charge on any atom is -0.325 e. The third-order valence-corrected chi connectivity index (χ3v) is 4.88. The van der Waals surface area contributed by atoms with Crippen molar-refractivity contribution in [2.75, 3.05) is 16.4 Å². The fourth-order valence-electron chi connectivity index (χ4n) is 2.54. The van der Waals surface area contributed by atoms with E-state index in [0.717, 1.165) is 29.7 Å². The van der Waals surface area contributed by atoms with Gasteiger partial charge in [-0.15, -0.1) is 5.10 Å². The number of aromatic amines is 1. The number of carbonyl (C=O) groups excluding carboxylic acids is 2. The molecule has 0 atom stereocenters. The lowest BCUT2D eigenvalue weighted by molar-refractivity contribution is -0.137. The maximum Gasteiger partial charge on any atom is 0.416 e. The average Bonchev–Trinajstić information content (AvgIpc) is 3.20. The molecule has 0 aliphatic carbocycles. The van der Waals surface area contributed by atoms with Crippen LogP contribution in [-0.2, 0) is 17.4 Å². The summed E-state index contributed by atoms with van der Waals surface area (Å²) in [5, 5.41) is 12.3. The predicted octanol–water partition coefficient (Wildman–Crippen LogP) is 4.37. The molecule has 0 radical (unpaired) electrons. The number of alkyl halides is 3. The quantitative estimate of drug-likeness (QED) is 0.465. The summed E-state index contributed by atoms with van der Waals surface area (Å²) < 4.78 is 38.5. The van der Waals surface area contributed by atoms with Crippen molar-refractivity contribution in [1.82, 2.24) is 15.2 Å². The van der Waals surface area contributed by atoms with Crippen LogP contribution in [0.25, 0.3) is 0 Å². The van der Waals surface area contributed by atoms with E-state index in [2.05, 4.69) is 25.8 Å². The number of aromatic nitrogens is 3. The smallest absolute Gasteiger partial charge is 0.325 e. The molecule has 2 amide bonds. The molecule has 3 aromatic rings. The number of aryl methyl sites for hydroxylation is 1. The first kappa shape index (κ1) is 22.3. The van der Waals surface area contributed by atoms with Crippen LogP contribution >= 0.6 is 11.8 Å². The van der Waals surface area contributed by atoms with Crippen LogP contribution in [0.15, 0.2) is 53.7 Å². The number of carbonyl (C=O) groups is 2. The molecule has 162 valence electrons. The second-order valence-corrected chi connectivity index (χ2v) is 7.31. The van der Waals surface area contributed by atoms with Crippen molar-refractivity contribution in [3.8, 4) is 0 Å². The van der Waals surface area contributed by atoms with Crippen LogP contribution in [0.4, 0.5) is 24.5 Å². The van der Waals surface area contributed by atoms with Crippen molar-refractivity contribution >= 4 is 35.0 Å². The van der Waals surface area contributed by atoms with Crippen LogP contribution in [0.1, 0.15) is 28.7 Å². The second kappa shape index (κ2) is 9.65. The molecule has 0 saturated heterocycles. The average molecular weight is 449 g/mol. The van der Waals surface area contributed by atoms with Crippen LogP contribution in [0.2, 0.25) is 0 Å². The van der Waals surface area contributed by atoms with Crippen LogP contribution < -0.4 is 10.6 Å². The fraction of sp³-hybridized carbons (Fsp3) is 0.200. The summed E-state index contributed by atoms with van der Waals surface area (Å²) in [7, 11) is 0. The Kier molecular flexibility index (Phi) is 6.95. The topological polar surface area (TPSA) is 99.8 Å². The molecule has 2 aromatic carbocycles. The van der Waals surface area contributed by atoms with Gasteiger partial charge in [0.2, 0.25) is 11.1 Å². The highest BCUT2D eigenvalue weighted by Crippen LogP contribution is 2.30. The van der Waals surface area contributed by atoms with Crippen LogP contribution in [0.5, 0.6) is 0 Å². The molecule has 31 heavy (non-hydrogen) atoms. The molecular weight excluding hydrogens is 431 g/mol. The molecule has 0 fully saturated rings. The Hall–Kier alpha value is -3.34. The molecule has 1 heterocycles. The normalized spacial score (nSPS) is 11.2. The predicted molar refractivity (Wildman–Crippen MR) is 111 cm³/mol. The van der Waals surface area contributed by atoms with Gasteiger partial charge in [0, 0.05) is 23.4 Å². The van der Waals surface area contributed by atoms with E-state index >= 15 is 0 Å². The number of hydrogen-bond acceptors (Lipinski definition) is 5. The van der Waals surface area contributed by atoms with E-state index in [9.17, 15) is 22.8 Å². The number of halogens is 3. The molecule has 0 saturated carbocycles. The van der Waals surface area contributed by atoms with Gasteiger partial charge in [-0.25, -0.2) is 4.98 Å². The summed E-state index contributed by atoms with van der Waals surface area (Å²) in [6.07, 6.45) is -3.80. The summed E-state index contributed by atoms with van der Waals surface area (Å²) in [5.74, 6) is -0.120. The maximum atomic E-state index is 12.8. The molecule has 0 bridgehead atoms. The lowest BCUT2D eigenvalue weighted by atomic mass is 10.1. The first-order valence-electron chi connectivity index (χ1n) is 9.17. The highest BCUT2D eigenvalue weighted by molar-refractivity contribution is 7.99. The number of thioether (sulfide) groups is 1. The summed E-state index contributed by atoms with van der Waals surface area (Å²) in [6.45, 7) is 1.93. The Balaban J connectivity index is 1.60. The van der Waals surface area contributed by atoms with Gasteiger partial charge in [-0.1, -0.05) is 30.8 Å². The largest absolute Gasteiger partial charge is 0.416 e. The Morgan fingerprint density at radius 1 is 1.06 bits per heavy atom. The molecule has 0 unspecified atom stereocenters. The highest BCUT2D eigenvalue weighted by Gasteiger charge is 2.30. The van der Waals surface area contributed by atoms with Gasteiger partial charge < -0.3 is 10.6 Å². The summed E-state index contributed by atoms with van der Waals surface area (Å²) >= 11 is 1.16. The second-order valence-electron chi connectivity index (χ2n) is 6.37. The van der Waals surface area contributed by atoms with Crippen molar-refractivity contribution in [3.05, 3.63) is 65.5 Å². The number of nitrogens with zero attached hydrogens (tertiary/aromatic N) is 2. The van der Waals surface area contributed by atoms with Crippen LogP contribution in [0.3, 0.4) is 0 Å². The Labute approximate surface area is 179 Å². The molecule has 3 rings (SSSR count).